The smallest absolute Gasteiger partial charge is 0.253 e. The van der Waals surface area contributed by atoms with Crippen molar-refractivity contribution in [2.75, 3.05) is 34.8 Å². The molecule has 0 saturated carbocycles. The van der Waals surface area contributed by atoms with E-state index in [0.29, 0.717) is 36.8 Å². The first-order chi connectivity index (χ1) is 13.4. The number of ether oxygens (including phenoxy) is 1. The Labute approximate surface area is 189 Å². The van der Waals surface area contributed by atoms with Gasteiger partial charge in [-0.2, -0.15) is 0 Å². The third-order valence-electron chi connectivity index (χ3n) is 4.27. The van der Waals surface area contributed by atoms with Gasteiger partial charge in [-0.25, -0.2) is 0 Å². The van der Waals surface area contributed by atoms with E-state index in [2.05, 4.69) is 15.6 Å². The van der Waals surface area contributed by atoms with Gasteiger partial charge < -0.3 is 25.4 Å². The van der Waals surface area contributed by atoms with Gasteiger partial charge in [0.25, 0.3) is 5.91 Å². The summed E-state index contributed by atoms with van der Waals surface area (Å²) in [6.07, 6.45) is 0.651. The lowest BCUT2D eigenvalue weighted by molar-refractivity contribution is 0.0827. The fourth-order valence-electron chi connectivity index (χ4n) is 2.63. The first-order valence-corrected chi connectivity index (χ1v) is 9.05. The number of amides is 1. The summed E-state index contributed by atoms with van der Waals surface area (Å²) in [5, 5.41) is 16.5. The van der Waals surface area contributed by atoms with Crippen LogP contribution < -0.4 is 15.4 Å². The zero-order valence-corrected chi connectivity index (χ0v) is 19.6. The first kappa shape index (κ1) is 24.5. The molecule has 3 N–H and O–H groups in total. The Bertz CT molecular complexity index is 823. The maximum Gasteiger partial charge on any atom is 0.253 e. The van der Waals surface area contributed by atoms with Crippen molar-refractivity contribution in [2.24, 2.45) is 4.99 Å². The van der Waals surface area contributed by atoms with Gasteiger partial charge in [-0.15, -0.1) is 24.0 Å². The van der Waals surface area contributed by atoms with E-state index in [1.807, 2.05) is 36.4 Å². The molecule has 0 saturated heterocycles. The molecule has 0 aliphatic rings. The lowest BCUT2D eigenvalue weighted by atomic mass is 10.1. The second-order valence-electron chi connectivity index (χ2n) is 6.49. The first-order valence-electron chi connectivity index (χ1n) is 9.05. The van der Waals surface area contributed by atoms with Crippen molar-refractivity contribution >= 4 is 35.8 Å². The quantitative estimate of drug-likeness (QED) is 0.302. The van der Waals surface area contributed by atoms with E-state index < -0.39 is 0 Å². The second kappa shape index (κ2) is 12.2. The lowest BCUT2D eigenvalue weighted by Gasteiger charge is -2.13. The van der Waals surface area contributed by atoms with Crippen LogP contribution in [0.3, 0.4) is 0 Å². The van der Waals surface area contributed by atoms with E-state index in [0.717, 1.165) is 11.1 Å². The molecule has 0 fully saturated rings. The number of nitrogens with one attached hydrogen (secondary N) is 2. The molecule has 158 valence electrons. The Hall–Kier alpha value is -2.49. The van der Waals surface area contributed by atoms with Crippen LogP contribution in [0.1, 0.15) is 21.5 Å². The number of phenolic OH excluding ortho intramolecular Hbond substituents is 1. The molecule has 29 heavy (non-hydrogen) atoms. The van der Waals surface area contributed by atoms with Crippen LogP contribution in [0.15, 0.2) is 47.5 Å². The molecule has 0 atom stereocenters. The summed E-state index contributed by atoms with van der Waals surface area (Å²) in [5.74, 6) is 1.50. The molecule has 0 radical (unpaired) electrons. The van der Waals surface area contributed by atoms with Crippen molar-refractivity contribution in [3.05, 3.63) is 59.2 Å². The van der Waals surface area contributed by atoms with Crippen LogP contribution in [0.4, 0.5) is 0 Å². The van der Waals surface area contributed by atoms with Crippen LogP contribution in [0.5, 0.6) is 11.5 Å². The van der Waals surface area contributed by atoms with Gasteiger partial charge in [-0.1, -0.05) is 18.2 Å². The van der Waals surface area contributed by atoms with Gasteiger partial charge in [-0.3, -0.25) is 9.79 Å². The third kappa shape index (κ3) is 7.45. The summed E-state index contributed by atoms with van der Waals surface area (Å²) < 4.78 is 5.09. The van der Waals surface area contributed by atoms with Gasteiger partial charge in [0.15, 0.2) is 5.96 Å². The fourth-order valence-corrected chi connectivity index (χ4v) is 2.63. The summed E-state index contributed by atoms with van der Waals surface area (Å²) in [5.41, 5.74) is 2.55. The summed E-state index contributed by atoms with van der Waals surface area (Å²) in [4.78, 5) is 17.7. The van der Waals surface area contributed by atoms with Crippen LogP contribution in [0, 0.1) is 0 Å². The Morgan fingerprint density at radius 1 is 1.14 bits per heavy atom. The molecule has 2 aromatic rings. The van der Waals surface area contributed by atoms with Crippen molar-refractivity contribution < 1.29 is 14.6 Å². The SMILES string of the molecule is CN=C(NCCc1ccc(OC)cc1O)NCc1ccc(C(=O)N(C)C)cc1.I. The number of carbonyl (C=O) groups excluding carboxylic acids is 1. The summed E-state index contributed by atoms with van der Waals surface area (Å²) in [7, 11) is 6.75. The molecule has 2 aromatic carbocycles. The Morgan fingerprint density at radius 2 is 1.83 bits per heavy atom. The number of methoxy groups -OCH3 is 1. The third-order valence-corrected chi connectivity index (χ3v) is 4.27. The van der Waals surface area contributed by atoms with Gasteiger partial charge in [0, 0.05) is 45.9 Å². The minimum absolute atomic E-state index is 0. The molecule has 0 aromatic heterocycles. The van der Waals surface area contributed by atoms with Crippen LogP contribution in [0.2, 0.25) is 0 Å². The van der Waals surface area contributed by atoms with E-state index in [4.69, 9.17) is 4.74 Å². The van der Waals surface area contributed by atoms with E-state index >= 15 is 0 Å². The van der Waals surface area contributed by atoms with Crippen molar-refractivity contribution in [1.29, 1.82) is 0 Å². The fraction of sp³-hybridized carbons (Fsp3) is 0.333. The van der Waals surface area contributed by atoms with Gasteiger partial charge in [0.1, 0.15) is 11.5 Å². The average molecular weight is 512 g/mol. The molecular formula is C21H29IN4O3. The molecule has 0 unspecified atom stereocenters. The van der Waals surface area contributed by atoms with Gasteiger partial charge in [0.2, 0.25) is 0 Å². The lowest BCUT2D eigenvalue weighted by Crippen LogP contribution is -2.37. The number of benzene rings is 2. The highest BCUT2D eigenvalue weighted by molar-refractivity contribution is 14.0. The zero-order chi connectivity index (χ0) is 20.5. The Morgan fingerprint density at radius 3 is 2.38 bits per heavy atom. The van der Waals surface area contributed by atoms with Gasteiger partial charge >= 0.3 is 0 Å². The van der Waals surface area contributed by atoms with Crippen molar-refractivity contribution in [2.45, 2.75) is 13.0 Å². The normalized spacial score (nSPS) is 10.7. The minimum atomic E-state index is -0.0150. The molecule has 1 amide bonds. The number of carbonyl (C=O) groups is 1. The maximum atomic E-state index is 11.9. The highest BCUT2D eigenvalue weighted by Gasteiger charge is 2.07. The second-order valence-corrected chi connectivity index (χ2v) is 6.49. The number of aliphatic imine (C=N–C) groups is 1. The summed E-state index contributed by atoms with van der Waals surface area (Å²) in [6, 6.07) is 12.8. The number of phenols is 1. The zero-order valence-electron chi connectivity index (χ0n) is 17.2. The van der Waals surface area contributed by atoms with Gasteiger partial charge in [0.05, 0.1) is 7.11 Å². The van der Waals surface area contributed by atoms with E-state index in [-0.39, 0.29) is 35.6 Å². The number of hydrogen-bond donors (Lipinski definition) is 3. The highest BCUT2D eigenvalue weighted by atomic mass is 127. The van der Waals surface area contributed by atoms with E-state index in [9.17, 15) is 9.90 Å². The minimum Gasteiger partial charge on any atom is -0.508 e. The predicted molar refractivity (Wildman–Crippen MR) is 126 cm³/mol. The van der Waals surface area contributed by atoms with Crippen molar-refractivity contribution in [1.82, 2.24) is 15.5 Å². The van der Waals surface area contributed by atoms with Gasteiger partial charge in [-0.05, 0) is 35.7 Å². The molecule has 2 rings (SSSR count). The van der Waals surface area contributed by atoms with E-state index in [1.54, 1.807) is 39.2 Å². The monoisotopic (exact) mass is 512 g/mol. The predicted octanol–water partition coefficient (Wildman–Crippen LogP) is 2.63. The molecule has 0 heterocycles. The highest BCUT2D eigenvalue weighted by Crippen LogP contribution is 2.23. The summed E-state index contributed by atoms with van der Waals surface area (Å²) >= 11 is 0. The molecule has 0 aliphatic carbocycles. The Kier molecular flexibility index (Phi) is 10.3. The summed E-state index contributed by atoms with van der Waals surface area (Å²) in [6.45, 7) is 1.21. The molecule has 0 spiro atoms. The molecule has 0 aliphatic heterocycles. The number of nitrogens with zero attached hydrogens (tertiary/aromatic N) is 2. The van der Waals surface area contributed by atoms with Crippen LogP contribution in [0.25, 0.3) is 0 Å². The maximum absolute atomic E-state index is 11.9. The number of hydrogen-bond acceptors (Lipinski definition) is 4. The molecular weight excluding hydrogens is 483 g/mol. The van der Waals surface area contributed by atoms with Crippen molar-refractivity contribution in [3.8, 4) is 11.5 Å². The standard InChI is InChI=1S/C21H28N4O3.HI/c1-22-21(23-12-11-16-9-10-18(28-4)13-19(16)26)24-14-15-5-7-17(8-6-15)20(27)25(2)3;/h5-10,13,26H,11-12,14H2,1-4H3,(H2,22,23,24);1H. The largest absolute Gasteiger partial charge is 0.508 e. The molecule has 0 bridgehead atoms. The van der Waals surface area contributed by atoms with Crippen molar-refractivity contribution in [3.63, 3.8) is 0 Å². The Balaban J connectivity index is 0.00000420. The number of halogens is 1. The number of rotatable bonds is 7. The number of guanidine groups is 1. The average Bonchev–Trinajstić information content (AvgIpc) is 2.71. The molecule has 8 heteroatoms. The number of aromatic hydroxyl groups is 1. The molecule has 7 nitrogen and oxygen atoms in total. The topological polar surface area (TPSA) is 86.2 Å². The van der Waals surface area contributed by atoms with Crippen LogP contribution in [-0.2, 0) is 13.0 Å². The van der Waals surface area contributed by atoms with Crippen LogP contribution >= 0.6 is 24.0 Å². The van der Waals surface area contributed by atoms with Crippen LogP contribution in [-0.4, -0.2) is 56.7 Å². The van der Waals surface area contributed by atoms with E-state index in [1.165, 1.54) is 0 Å².